The van der Waals surface area contributed by atoms with E-state index in [9.17, 15) is 34.5 Å². The van der Waals surface area contributed by atoms with Gasteiger partial charge in [-0.25, -0.2) is 4.79 Å². The number of rotatable bonds is 46. The molecular formula is C67H98O12. The van der Waals surface area contributed by atoms with E-state index in [1.807, 2.05) is 30.4 Å². The molecule has 0 aromatic carbocycles. The number of aliphatic hydroxyl groups is 2. The SMILES string of the molecule is CC/C=C\C/C=C\C/C=C\C/C=C\C/C=C\C/C=C\CCC(=O)OCC(COC1OC(C(=O)O)C(O)C(O)C1OC(=O)CCCCCCC/C=C\C/C=C\C/C=C\CC)OC(=O)C/C=C\C/C=C\C/C=C\C/C=C\C/C=C\CC. The lowest BCUT2D eigenvalue weighted by Crippen LogP contribution is -2.61. The van der Waals surface area contributed by atoms with Crippen LogP contribution in [0.5, 0.6) is 0 Å². The number of allylic oxidation sites excluding steroid dienone is 27. The normalized spacial score (nSPS) is 19.1. The zero-order valence-corrected chi connectivity index (χ0v) is 48.0. The van der Waals surface area contributed by atoms with Gasteiger partial charge >= 0.3 is 23.9 Å². The van der Waals surface area contributed by atoms with Crippen LogP contribution < -0.4 is 0 Å². The molecule has 0 aliphatic carbocycles. The smallest absolute Gasteiger partial charge is 0.335 e. The summed E-state index contributed by atoms with van der Waals surface area (Å²) in [7, 11) is 0. The van der Waals surface area contributed by atoms with Crippen molar-refractivity contribution in [3.8, 4) is 0 Å². The third-order valence-electron chi connectivity index (χ3n) is 11.8. The van der Waals surface area contributed by atoms with E-state index in [1.165, 1.54) is 0 Å². The highest BCUT2D eigenvalue weighted by atomic mass is 16.7. The van der Waals surface area contributed by atoms with Crippen molar-refractivity contribution in [2.24, 2.45) is 0 Å². The molecule has 12 heteroatoms. The van der Waals surface area contributed by atoms with Crippen LogP contribution >= 0.6 is 0 Å². The first-order valence-electron chi connectivity index (χ1n) is 29.1. The fourth-order valence-corrected chi connectivity index (χ4v) is 7.48. The van der Waals surface area contributed by atoms with E-state index in [0.29, 0.717) is 25.7 Å². The predicted molar refractivity (Wildman–Crippen MR) is 321 cm³/mol. The van der Waals surface area contributed by atoms with Crippen LogP contribution in [0.15, 0.2) is 170 Å². The number of hydrogen-bond donors (Lipinski definition) is 3. The fourth-order valence-electron chi connectivity index (χ4n) is 7.48. The van der Waals surface area contributed by atoms with Crippen LogP contribution in [0.1, 0.15) is 175 Å². The molecule has 1 aliphatic heterocycles. The summed E-state index contributed by atoms with van der Waals surface area (Å²) in [6.07, 6.45) is 66.5. The summed E-state index contributed by atoms with van der Waals surface area (Å²) >= 11 is 0. The Morgan fingerprint density at radius 2 is 0.823 bits per heavy atom. The second-order valence-electron chi connectivity index (χ2n) is 18.8. The Balaban J connectivity index is 2.82. The molecule has 438 valence electrons. The Labute approximate surface area is 475 Å². The molecular weight excluding hydrogens is 997 g/mol. The molecule has 79 heavy (non-hydrogen) atoms. The lowest BCUT2D eigenvalue weighted by molar-refractivity contribution is -0.301. The molecule has 12 nitrogen and oxygen atoms in total. The zero-order valence-electron chi connectivity index (χ0n) is 48.0. The van der Waals surface area contributed by atoms with Crippen molar-refractivity contribution in [1.29, 1.82) is 0 Å². The Morgan fingerprint density at radius 3 is 1.27 bits per heavy atom. The second kappa shape index (κ2) is 52.8. The van der Waals surface area contributed by atoms with E-state index in [1.54, 1.807) is 6.08 Å². The van der Waals surface area contributed by atoms with Gasteiger partial charge < -0.3 is 39.0 Å². The first-order chi connectivity index (χ1) is 38.6. The number of ether oxygens (including phenoxy) is 5. The molecule has 0 radical (unpaired) electrons. The van der Waals surface area contributed by atoms with Crippen LogP contribution in [0.25, 0.3) is 0 Å². The van der Waals surface area contributed by atoms with Gasteiger partial charge in [0.1, 0.15) is 18.8 Å². The maximum absolute atomic E-state index is 13.1. The number of esters is 3. The van der Waals surface area contributed by atoms with Crippen LogP contribution in [0, 0.1) is 0 Å². The highest BCUT2D eigenvalue weighted by molar-refractivity contribution is 5.74. The topological polar surface area (TPSA) is 175 Å². The van der Waals surface area contributed by atoms with Crippen molar-refractivity contribution in [2.75, 3.05) is 13.2 Å². The highest BCUT2D eigenvalue weighted by Gasteiger charge is 2.50. The molecule has 0 aromatic heterocycles. The summed E-state index contributed by atoms with van der Waals surface area (Å²) in [5, 5.41) is 31.5. The number of unbranched alkanes of at least 4 members (excludes halogenated alkanes) is 5. The standard InChI is InChI=1S/C67H98O12/c1-4-7-10-13-16-19-22-25-28-29-30-31-34-35-38-41-44-47-50-53-59(68)75-56-58(77-60(69)54-51-48-45-42-39-36-32-26-23-20-17-14-11-8-5-2)57-76-67-65(63(72)62(71)64(79-67)66(73)74)78-61(70)55-52-49-46-43-40-37-33-27-24-21-18-15-12-9-6-3/h7-12,16-21,25-28,30-33,35,38-39,42,44,47-48,51,58,62-65,67,71-72H,4-6,13-15,22-24,29,34,36-37,40-41,43,45-46,49-50,52-57H2,1-3H3,(H,73,74)/b10-7-,11-8-,12-9-,19-16-,20-17-,21-18-,28-25-,31-30-,32-26-,33-27-,38-35-,42-39-,47-44-,51-48-. The van der Waals surface area contributed by atoms with Gasteiger partial charge in [0.2, 0.25) is 0 Å². The summed E-state index contributed by atoms with van der Waals surface area (Å²) in [5.41, 5.74) is 0. The summed E-state index contributed by atoms with van der Waals surface area (Å²) in [6, 6.07) is 0. The van der Waals surface area contributed by atoms with Crippen molar-refractivity contribution in [3.05, 3.63) is 170 Å². The summed E-state index contributed by atoms with van der Waals surface area (Å²) < 4.78 is 28.2. The molecule has 0 aromatic rings. The first-order valence-corrected chi connectivity index (χ1v) is 29.1. The molecule has 0 spiro atoms. The Hall–Kier alpha value is -5.92. The van der Waals surface area contributed by atoms with Gasteiger partial charge in [0.15, 0.2) is 24.6 Å². The summed E-state index contributed by atoms with van der Waals surface area (Å²) in [4.78, 5) is 51.0. The summed E-state index contributed by atoms with van der Waals surface area (Å²) in [6.45, 7) is 5.46. The van der Waals surface area contributed by atoms with Gasteiger partial charge in [-0.1, -0.05) is 210 Å². The molecule has 1 aliphatic rings. The van der Waals surface area contributed by atoms with Crippen LogP contribution in [-0.4, -0.2) is 89.2 Å². The molecule has 1 saturated heterocycles. The second-order valence-corrected chi connectivity index (χ2v) is 18.8. The van der Waals surface area contributed by atoms with Gasteiger partial charge in [-0.2, -0.15) is 0 Å². The molecule has 0 bridgehead atoms. The zero-order chi connectivity index (χ0) is 57.5. The first kappa shape index (κ1) is 71.1. The molecule has 1 fully saturated rings. The van der Waals surface area contributed by atoms with E-state index in [2.05, 4.69) is 154 Å². The molecule has 3 N–H and O–H groups in total. The van der Waals surface area contributed by atoms with Gasteiger partial charge in [0.05, 0.1) is 13.0 Å². The molecule has 0 saturated carbocycles. The number of carboxylic acids is 1. The predicted octanol–water partition coefficient (Wildman–Crippen LogP) is 15.1. The Morgan fingerprint density at radius 1 is 0.430 bits per heavy atom. The van der Waals surface area contributed by atoms with Gasteiger partial charge in [-0.3, -0.25) is 14.4 Å². The van der Waals surface area contributed by atoms with Gasteiger partial charge in [-0.15, -0.1) is 0 Å². The number of carbonyl (C=O) groups is 4. The molecule has 1 rings (SSSR count). The average Bonchev–Trinajstić information content (AvgIpc) is 3.46. The molecule has 0 amide bonds. The van der Waals surface area contributed by atoms with Gasteiger partial charge in [0.25, 0.3) is 0 Å². The monoisotopic (exact) mass is 1090 g/mol. The molecule has 1 heterocycles. The average molecular weight is 1100 g/mol. The van der Waals surface area contributed by atoms with Gasteiger partial charge in [-0.05, 0) is 116 Å². The summed E-state index contributed by atoms with van der Waals surface area (Å²) in [5.74, 6) is -3.46. The van der Waals surface area contributed by atoms with E-state index in [4.69, 9.17) is 23.7 Å². The van der Waals surface area contributed by atoms with Crippen LogP contribution in [-0.2, 0) is 42.9 Å². The quantitative estimate of drug-likeness (QED) is 0.0228. The van der Waals surface area contributed by atoms with Crippen LogP contribution in [0.2, 0.25) is 0 Å². The van der Waals surface area contributed by atoms with Crippen molar-refractivity contribution in [3.63, 3.8) is 0 Å². The maximum atomic E-state index is 13.1. The van der Waals surface area contributed by atoms with Crippen LogP contribution in [0.4, 0.5) is 0 Å². The largest absolute Gasteiger partial charge is 0.479 e. The fraction of sp³-hybridized carbons (Fsp3) is 0.522. The van der Waals surface area contributed by atoms with E-state index in [-0.39, 0.29) is 19.3 Å². The minimum absolute atomic E-state index is 0.0125. The van der Waals surface area contributed by atoms with Crippen molar-refractivity contribution < 1.29 is 58.2 Å². The lowest BCUT2D eigenvalue weighted by atomic mass is 9.98. The number of carboxylic acid groups (broad SMARTS) is 1. The molecule has 6 unspecified atom stereocenters. The Kier molecular flexibility index (Phi) is 47.5. The Bertz CT molecular complexity index is 2020. The third-order valence-corrected chi connectivity index (χ3v) is 11.8. The van der Waals surface area contributed by atoms with Crippen molar-refractivity contribution in [2.45, 2.75) is 212 Å². The lowest BCUT2D eigenvalue weighted by Gasteiger charge is -2.40. The van der Waals surface area contributed by atoms with E-state index >= 15 is 0 Å². The number of hydrogen-bond acceptors (Lipinski definition) is 11. The number of aliphatic carboxylic acids is 1. The van der Waals surface area contributed by atoms with E-state index in [0.717, 1.165) is 109 Å². The number of carbonyl (C=O) groups excluding carboxylic acids is 3. The minimum atomic E-state index is -1.94. The number of aliphatic hydroxyl groups excluding tert-OH is 2. The minimum Gasteiger partial charge on any atom is -0.479 e. The van der Waals surface area contributed by atoms with Gasteiger partial charge in [0, 0.05) is 12.8 Å². The van der Waals surface area contributed by atoms with Crippen molar-refractivity contribution >= 4 is 23.9 Å². The van der Waals surface area contributed by atoms with E-state index < -0.39 is 73.9 Å². The maximum Gasteiger partial charge on any atom is 0.335 e. The third kappa shape index (κ3) is 42.7. The van der Waals surface area contributed by atoms with Crippen LogP contribution in [0.3, 0.4) is 0 Å². The van der Waals surface area contributed by atoms with Crippen molar-refractivity contribution in [1.82, 2.24) is 0 Å². The molecule has 6 atom stereocenters. The highest BCUT2D eigenvalue weighted by Crippen LogP contribution is 2.26.